The molecule has 2 aromatic carbocycles. The Morgan fingerprint density at radius 1 is 1.21 bits per heavy atom. The van der Waals surface area contributed by atoms with Gasteiger partial charge in [-0.25, -0.2) is 4.39 Å². The summed E-state index contributed by atoms with van der Waals surface area (Å²) in [5.41, 5.74) is 7.15. The lowest BCUT2D eigenvalue weighted by Gasteiger charge is -2.26. The molecule has 0 saturated heterocycles. The van der Waals surface area contributed by atoms with Crippen LogP contribution in [0.15, 0.2) is 46.9 Å². The van der Waals surface area contributed by atoms with Crippen molar-refractivity contribution in [3.05, 3.63) is 68.9 Å². The highest BCUT2D eigenvalue weighted by Crippen LogP contribution is 2.27. The highest BCUT2D eigenvalue weighted by Gasteiger charge is 2.23. The van der Waals surface area contributed by atoms with Gasteiger partial charge in [0.25, 0.3) is 0 Å². The molecule has 0 amide bonds. The molecule has 0 spiro atoms. The first-order valence-electron chi connectivity index (χ1n) is 5.88. The van der Waals surface area contributed by atoms with E-state index < -0.39 is 11.4 Å². The fourth-order valence-corrected chi connectivity index (χ4v) is 2.47. The van der Waals surface area contributed by atoms with Gasteiger partial charge in [0, 0.05) is 10.0 Å². The van der Waals surface area contributed by atoms with Gasteiger partial charge in [-0.3, -0.25) is 0 Å². The summed E-state index contributed by atoms with van der Waals surface area (Å²) in [6, 6.07) is 12.7. The fraction of sp³-hybridized carbons (Fsp3) is 0.200. The second kappa shape index (κ2) is 5.61. The molecule has 0 heterocycles. The first-order chi connectivity index (χ1) is 8.90. The second-order valence-corrected chi connectivity index (χ2v) is 6.14. The topological polar surface area (TPSA) is 26.0 Å². The Kier molecular flexibility index (Phi) is 4.29. The second-order valence-electron chi connectivity index (χ2n) is 4.81. The summed E-state index contributed by atoms with van der Waals surface area (Å²) in [5.74, 6) is -0.391. The zero-order chi connectivity index (χ0) is 14.0. The molecule has 2 aromatic rings. The SMILES string of the molecule is CC(N)(Cc1cccc(Cl)c1F)c1ccc(Br)cc1. The number of rotatable bonds is 3. The van der Waals surface area contributed by atoms with Crippen LogP contribution in [0.25, 0.3) is 0 Å². The lowest BCUT2D eigenvalue weighted by atomic mass is 9.86. The van der Waals surface area contributed by atoms with Crippen LogP contribution in [0.1, 0.15) is 18.1 Å². The van der Waals surface area contributed by atoms with E-state index in [4.69, 9.17) is 17.3 Å². The van der Waals surface area contributed by atoms with Crippen LogP contribution in [0.4, 0.5) is 4.39 Å². The molecule has 0 aliphatic rings. The third kappa shape index (κ3) is 3.35. The first kappa shape index (κ1) is 14.5. The van der Waals surface area contributed by atoms with Crippen molar-refractivity contribution in [3.8, 4) is 0 Å². The molecular weight excluding hydrogens is 329 g/mol. The molecule has 4 heteroatoms. The average molecular weight is 343 g/mol. The maximum Gasteiger partial charge on any atom is 0.145 e. The summed E-state index contributed by atoms with van der Waals surface area (Å²) in [7, 11) is 0. The van der Waals surface area contributed by atoms with Crippen molar-refractivity contribution in [2.24, 2.45) is 5.73 Å². The highest BCUT2D eigenvalue weighted by atomic mass is 79.9. The summed E-state index contributed by atoms with van der Waals surface area (Å²) < 4.78 is 14.9. The van der Waals surface area contributed by atoms with Crippen LogP contribution < -0.4 is 5.73 Å². The summed E-state index contributed by atoms with van der Waals surface area (Å²) in [4.78, 5) is 0. The van der Waals surface area contributed by atoms with E-state index in [9.17, 15) is 4.39 Å². The minimum Gasteiger partial charge on any atom is -0.321 e. The molecule has 1 nitrogen and oxygen atoms in total. The zero-order valence-electron chi connectivity index (χ0n) is 10.5. The summed E-state index contributed by atoms with van der Waals surface area (Å²) >= 11 is 9.17. The van der Waals surface area contributed by atoms with Crippen molar-refractivity contribution in [2.45, 2.75) is 18.9 Å². The standard InChI is InChI=1S/C15H14BrClFN/c1-15(19,11-5-7-12(16)8-6-11)9-10-3-2-4-13(17)14(10)18/h2-8H,9,19H2,1H3. The number of nitrogens with two attached hydrogens (primary N) is 1. The minimum atomic E-state index is -0.647. The van der Waals surface area contributed by atoms with Gasteiger partial charge in [0.05, 0.1) is 5.02 Å². The quantitative estimate of drug-likeness (QED) is 0.862. The number of halogens is 3. The third-order valence-electron chi connectivity index (χ3n) is 3.09. The molecule has 0 aliphatic heterocycles. The van der Waals surface area contributed by atoms with Crippen LogP contribution in [0.5, 0.6) is 0 Å². The Labute approximate surface area is 125 Å². The number of hydrogen-bond donors (Lipinski definition) is 1. The maximum absolute atomic E-state index is 13.9. The normalized spacial score (nSPS) is 14.2. The Bertz CT molecular complexity index is 581. The molecule has 0 saturated carbocycles. The van der Waals surface area contributed by atoms with Gasteiger partial charge in [-0.1, -0.05) is 51.8 Å². The van der Waals surface area contributed by atoms with E-state index in [2.05, 4.69) is 15.9 Å². The molecule has 0 aliphatic carbocycles. The lowest BCUT2D eigenvalue weighted by Crippen LogP contribution is -2.35. The van der Waals surface area contributed by atoms with Crippen molar-refractivity contribution in [1.82, 2.24) is 0 Å². The van der Waals surface area contributed by atoms with Crippen molar-refractivity contribution < 1.29 is 4.39 Å². The molecule has 0 fully saturated rings. The Morgan fingerprint density at radius 2 is 1.84 bits per heavy atom. The van der Waals surface area contributed by atoms with Crippen molar-refractivity contribution >= 4 is 27.5 Å². The van der Waals surface area contributed by atoms with E-state index in [1.54, 1.807) is 12.1 Å². The van der Waals surface area contributed by atoms with Gasteiger partial charge < -0.3 is 5.73 Å². The van der Waals surface area contributed by atoms with Gasteiger partial charge in [0.1, 0.15) is 5.82 Å². The molecule has 0 aromatic heterocycles. The predicted molar refractivity (Wildman–Crippen MR) is 80.8 cm³/mol. The van der Waals surface area contributed by atoms with Gasteiger partial charge in [0.15, 0.2) is 0 Å². The summed E-state index contributed by atoms with van der Waals surface area (Å²) in [6.45, 7) is 1.89. The fourth-order valence-electron chi connectivity index (χ4n) is 2.01. The van der Waals surface area contributed by atoms with Crippen molar-refractivity contribution in [3.63, 3.8) is 0 Å². The van der Waals surface area contributed by atoms with Gasteiger partial charge in [-0.05, 0) is 42.7 Å². The van der Waals surface area contributed by atoms with Crippen molar-refractivity contribution in [2.75, 3.05) is 0 Å². The summed E-state index contributed by atoms with van der Waals surface area (Å²) in [6.07, 6.45) is 0.390. The zero-order valence-corrected chi connectivity index (χ0v) is 12.8. The number of hydrogen-bond acceptors (Lipinski definition) is 1. The molecule has 2 rings (SSSR count). The van der Waals surface area contributed by atoms with Crippen LogP contribution in [-0.2, 0) is 12.0 Å². The molecule has 19 heavy (non-hydrogen) atoms. The van der Waals surface area contributed by atoms with E-state index >= 15 is 0 Å². The molecule has 100 valence electrons. The maximum atomic E-state index is 13.9. The Balaban J connectivity index is 2.30. The molecule has 2 N–H and O–H groups in total. The van der Waals surface area contributed by atoms with Crippen LogP contribution >= 0.6 is 27.5 Å². The monoisotopic (exact) mass is 341 g/mol. The minimum absolute atomic E-state index is 0.129. The molecule has 0 bridgehead atoms. The third-order valence-corrected chi connectivity index (χ3v) is 3.91. The Morgan fingerprint density at radius 3 is 2.47 bits per heavy atom. The van der Waals surface area contributed by atoms with E-state index in [-0.39, 0.29) is 5.02 Å². The molecule has 1 unspecified atom stereocenters. The van der Waals surface area contributed by atoms with Crippen LogP contribution in [0, 0.1) is 5.82 Å². The summed E-state index contributed by atoms with van der Waals surface area (Å²) in [5, 5.41) is 0.129. The lowest BCUT2D eigenvalue weighted by molar-refractivity contribution is 0.475. The van der Waals surface area contributed by atoms with Gasteiger partial charge in [0.2, 0.25) is 0 Å². The van der Waals surface area contributed by atoms with Gasteiger partial charge in [-0.15, -0.1) is 0 Å². The van der Waals surface area contributed by atoms with Gasteiger partial charge in [-0.2, -0.15) is 0 Å². The smallest absolute Gasteiger partial charge is 0.145 e. The van der Waals surface area contributed by atoms with E-state index in [0.717, 1.165) is 10.0 Å². The first-order valence-corrected chi connectivity index (χ1v) is 7.05. The average Bonchev–Trinajstić information content (AvgIpc) is 2.35. The molecule has 1 atom stereocenters. The van der Waals surface area contributed by atoms with Crippen LogP contribution in [-0.4, -0.2) is 0 Å². The predicted octanol–water partition coefficient (Wildman–Crippen LogP) is 4.66. The largest absolute Gasteiger partial charge is 0.321 e. The molecular formula is C15H14BrClFN. The van der Waals surface area contributed by atoms with Crippen LogP contribution in [0.2, 0.25) is 5.02 Å². The highest BCUT2D eigenvalue weighted by molar-refractivity contribution is 9.10. The van der Waals surface area contributed by atoms with E-state index in [1.165, 1.54) is 6.07 Å². The van der Waals surface area contributed by atoms with E-state index in [1.807, 2.05) is 31.2 Å². The number of benzene rings is 2. The molecule has 0 radical (unpaired) electrons. The van der Waals surface area contributed by atoms with Gasteiger partial charge >= 0.3 is 0 Å². The van der Waals surface area contributed by atoms with Crippen molar-refractivity contribution in [1.29, 1.82) is 0 Å². The Hall–Kier alpha value is -0.900. The van der Waals surface area contributed by atoms with Crippen LogP contribution in [0.3, 0.4) is 0 Å². The van der Waals surface area contributed by atoms with E-state index in [0.29, 0.717) is 12.0 Å².